The van der Waals surface area contributed by atoms with Gasteiger partial charge in [-0.2, -0.15) is 5.10 Å². The maximum absolute atomic E-state index is 14.2. The molecule has 2 amide bonds. The van der Waals surface area contributed by atoms with Crippen LogP contribution in [0, 0.1) is 5.82 Å². The summed E-state index contributed by atoms with van der Waals surface area (Å²) >= 11 is 6.14. The van der Waals surface area contributed by atoms with Crippen molar-refractivity contribution in [2.75, 3.05) is 13.1 Å². The first kappa shape index (κ1) is 24.7. The molecule has 0 saturated heterocycles. The molecule has 0 atom stereocenters. The molecule has 188 valence electrons. The Hall–Kier alpha value is -3.97. The number of nitrogens with zero attached hydrogens (tertiary/aromatic N) is 3. The zero-order chi connectivity index (χ0) is 25.8. The lowest BCUT2D eigenvalue weighted by molar-refractivity contribution is 0.0681. The van der Waals surface area contributed by atoms with E-state index in [4.69, 9.17) is 11.6 Å². The molecule has 5 rings (SSSR count). The van der Waals surface area contributed by atoms with Crippen molar-refractivity contribution in [2.45, 2.75) is 25.4 Å². The van der Waals surface area contributed by atoms with E-state index < -0.39 is 5.82 Å². The lowest BCUT2D eigenvalue weighted by atomic mass is 9.88. The average molecular weight is 517 g/mol. The summed E-state index contributed by atoms with van der Waals surface area (Å²) in [5.74, 6) is -0.967. The lowest BCUT2D eigenvalue weighted by Gasteiger charge is -2.27. The number of rotatable bonds is 8. The molecule has 1 aliphatic heterocycles. The second-order valence-electron chi connectivity index (χ2n) is 8.98. The smallest absolute Gasteiger partial charge is 0.272 e. The van der Waals surface area contributed by atoms with Crippen LogP contribution in [0.2, 0.25) is 5.02 Å². The van der Waals surface area contributed by atoms with Gasteiger partial charge in [-0.1, -0.05) is 78.3 Å². The van der Waals surface area contributed by atoms with Crippen molar-refractivity contribution in [3.05, 3.63) is 124 Å². The minimum absolute atomic E-state index is 0.0530. The van der Waals surface area contributed by atoms with Gasteiger partial charge >= 0.3 is 0 Å². The highest BCUT2D eigenvalue weighted by Crippen LogP contribution is 2.27. The molecule has 0 spiro atoms. The number of carbonyl (C=O) groups is 2. The van der Waals surface area contributed by atoms with E-state index in [0.29, 0.717) is 31.7 Å². The predicted octanol–water partition coefficient (Wildman–Crippen LogP) is 5.28. The molecule has 0 aliphatic carbocycles. The van der Waals surface area contributed by atoms with Crippen molar-refractivity contribution in [3.63, 3.8) is 0 Å². The molecule has 2 heterocycles. The Morgan fingerprint density at radius 3 is 2.30 bits per heavy atom. The molecule has 1 aliphatic rings. The van der Waals surface area contributed by atoms with Crippen molar-refractivity contribution >= 4 is 23.4 Å². The molecule has 0 unspecified atom stereocenters. The van der Waals surface area contributed by atoms with E-state index in [9.17, 15) is 14.0 Å². The normalized spacial score (nSPS) is 13.1. The third-order valence-corrected chi connectivity index (χ3v) is 6.99. The highest BCUT2D eigenvalue weighted by atomic mass is 35.5. The Kier molecular flexibility index (Phi) is 7.32. The van der Waals surface area contributed by atoms with Crippen LogP contribution in [0.1, 0.15) is 50.0 Å². The van der Waals surface area contributed by atoms with Crippen LogP contribution in [-0.2, 0) is 13.1 Å². The number of carbonyl (C=O) groups excluding carboxylic acids is 2. The topological polar surface area (TPSA) is 67.2 Å². The van der Waals surface area contributed by atoms with E-state index in [-0.39, 0.29) is 40.6 Å². The average Bonchev–Trinajstić information content (AvgIpc) is 3.36. The molecule has 0 fully saturated rings. The Bertz CT molecular complexity index is 1350. The number of hydrogen-bond acceptors (Lipinski definition) is 3. The highest BCUT2D eigenvalue weighted by molar-refractivity contribution is 6.31. The summed E-state index contributed by atoms with van der Waals surface area (Å²) in [4.78, 5) is 27.5. The van der Waals surface area contributed by atoms with Gasteiger partial charge in [0, 0.05) is 35.7 Å². The Balaban J connectivity index is 1.25. The van der Waals surface area contributed by atoms with Gasteiger partial charge in [-0.15, -0.1) is 0 Å². The summed E-state index contributed by atoms with van der Waals surface area (Å²) in [6, 6.07) is 26.3. The zero-order valence-corrected chi connectivity index (χ0v) is 20.9. The minimum atomic E-state index is -0.455. The molecule has 3 aromatic carbocycles. The minimum Gasteiger partial charge on any atom is -0.351 e. The quantitative estimate of drug-likeness (QED) is 0.346. The third-order valence-electron chi connectivity index (χ3n) is 6.63. The third kappa shape index (κ3) is 5.42. The summed E-state index contributed by atoms with van der Waals surface area (Å²) in [5.41, 5.74) is 3.12. The van der Waals surface area contributed by atoms with E-state index in [2.05, 4.69) is 34.7 Å². The van der Waals surface area contributed by atoms with Gasteiger partial charge in [0.15, 0.2) is 5.69 Å². The van der Waals surface area contributed by atoms with Crippen molar-refractivity contribution in [2.24, 2.45) is 0 Å². The summed E-state index contributed by atoms with van der Waals surface area (Å²) in [6.07, 6.45) is 0.712. The van der Waals surface area contributed by atoms with Gasteiger partial charge in [-0.25, -0.2) is 4.39 Å². The van der Waals surface area contributed by atoms with E-state index in [1.807, 2.05) is 36.4 Å². The Morgan fingerprint density at radius 2 is 1.65 bits per heavy atom. The molecule has 6 nitrogen and oxygen atoms in total. The highest BCUT2D eigenvalue weighted by Gasteiger charge is 2.29. The maximum Gasteiger partial charge on any atom is 0.272 e. The molecule has 0 saturated carbocycles. The molecule has 0 bridgehead atoms. The van der Waals surface area contributed by atoms with Gasteiger partial charge < -0.3 is 10.2 Å². The van der Waals surface area contributed by atoms with Crippen LogP contribution >= 0.6 is 11.6 Å². The van der Waals surface area contributed by atoms with Crippen LogP contribution in [0.15, 0.2) is 84.9 Å². The number of amides is 2. The molecular formula is C29H26ClFN4O2. The van der Waals surface area contributed by atoms with Crippen molar-refractivity contribution in [3.8, 4) is 0 Å². The number of hydrogen-bond donors (Lipinski definition) is 1. The monoisotopic (exact) mass is 516 g/mol. The van der Waals surface area contributed by atoms with Crippen LogP contribution in [0.4, 0.5) is 4.39 Å². The van der Waals surface area contributed by atoms with Crippen LogP contribution in [-0.4, -0.2) is 39.6 Å². The van der Waals surface area contributed by atoms with Gasteiger partial charge in [0.25, 0.3) is 11.8 Å². The van der Waals surface area contributed by atoms with Gasteiger partial charge in [-0.3, -0.25) is 14.3 Å². The molecule has 8 heteroatoms. The molecule has 37 heavy (non-hydrogen) atoms. The van der Waals surface area contributed by atoms with Gasteiger partial charge in [0.05, 0.1) is 13.1 Å². The predicted molar refractivity (Wildman–Crippen MR) is 140 cm³/mol. The molecule has 1 aromatic heterocycles. The van der Waals surface area contributed by atoms with E-state index in [1.54, 1.807) is 6.07 Å². The lowest BCUT2D eigenvalue weighted by Crippen LogP contribution is -2.40. The zero-order valence-electron chi connectivity index (χ0n) is 20.1. The fourth-order valence-electron chi connectivity index (χ4n) is 4.69. The SMILES string of the molecule is O=C(NCCC(c1ccccc1)c1ccccc1)c1cc2n(n1)CCN(Cc1c(F)cccc1Cl)C2=O. The fraction of sp³-hybridized carbons (Fsp3) is 0.207. The molecule has 0 radical (unpaired) electrons. The first-order valence-electron chi connectivity index (χ1n) is 12.2. The Labute approximate surface area is 219 Å². The Morgan fingerprint density at radius 1 is 0.973 bits per heavy atom. The first-order chi connectivity index (χ1) is 18.0. The van der Waals surface area contributed by atoms with Crippen LogP contribution < -0.4 is 5.32 Å². The summed E-state index contributed by atoms with van der Waals surface area (Å²) in [7, 11) is 0. The summed E-state index contributed by atoms with van der Waals surface area (Å²) in [6.45, 7) is 1.25. The first-order valence-corrected chi connectivity index (χ1v) is 12.6. The fourth-order valence-corrected chi connectivity index (χ4v) is 4.91. The number of benzene rings is 3. The molecular weight excluding hydrogens is 491 g/mol. The standard InChI is InChI=1S/C29H26ClFN4O2/c30-24-12-7-13-25(31)23(24)19-34-16-17-35-27(29(34)37)18-26(33-35)28(36)32-15-14-22(20-8-3-1-4-9-20)21-10-5-2-6-11-21/h1-13,18,22H,14-17,19H2,(H,32,36). The van der Waals surface area contributed by atoms with E-state index >= 15 is 0 Å². The van der Waals surface area contributed by atoms with Crippen LogP contribution in [0.3, 0.4) is 0 Å². The number of halogens is 2. The van der Waals surface area contributed by atoms with Crippen LogP contribution in [0.5, 0.6) is 0 Å². The molecule has 4 aromatic rings. The maximum atomic E-state index is 14.2. The van der Waals surface area contributed by atoms with Crippen molar-refractivity contribution in [1.82, 2.24) is 20.0 Å². The van der Waals surface area contributed by atoms with Crippen LogP contribution in [0.25, 0.3) is 0 Å². The van der Waals surface area contributed by atoms with E-state index in [1.165, 1.54) is 38.9 Å². The second-order valence-corrected chi connectivity index (χ2v) is 9.39. The van der Waals surface area contributed by atoms with Gasteiger partial charge in [0.1, 0.15) is 11.5 Å². The molecule has 1 N–H and O–H groups in total. The number of aromatic nitrogens is 2. The van der Waals surface area contributed by atoms with Gasteiger partial charge in [-0.05, 0) is 29.7 Å². The largest absolute Gasteiger partial charge is 0.351 e. The van der Waals surface area contributed by atoms with Gasteiger partial charge in [0.2, 0.25) is 0 Å². The summed E-state index contributed by atoms with van der Waals surface area (Å²) in [5, 5.41) is 7.58. The van der Waals surface area contributed by atoms with Crippen molar-refractivity contribution in [1.29, 1.82) is 0 Å². The number of nitrogens with one attached hydrogen (secondary N) is 1. The number of fused-ring (bicyclic) bond motifs is 1. The summed E-state index contributed by atoms with van der Waals surface area (Å²) < 4.78 is 15.8. The van der Waals surface area contributed by atoms with E-state index in [0.717, 1.165) is 0 Å². The second kappa shape index (κ2) is 11.0. The van der Waals surface area contributed by atoms with Crippen molar-refractivity contribution < 1.29 is 14.0 Å².